The molecule has 0 atom stereocenters. The first-order valence-corrected chi connectivity index (χ1v) is 5.96. The number of rotatable bonds is 5. The van der Waals surface area contributed by atoms with Gasteiger partial charge in [0.15, 0.2) is 11.5 Å². The van der Waals surface area contributed by atoms with E-state index in [0.29, 0.717) is 13.2 Å². The summed E-state index contributed by atoms with van der Waals surface area (Å²) >= 11 is 0. The molecule has 0 aliphatic carbocycles. The third-order valence-electron chi connectivity index (χ3n) is 2.72. The number of hydrogen-bond acceptors (Lipinski definition) is 5. The Kier molecular flexibility index (Phi) is 4.04. The molecule has 0 unspecified atom stereocenters. The molecule has 0 saturated carbocycles. The van der Waals surface area contributed by atoms with Gasteiger partial charge >= 0.3 is 5.97 Å². The minimum Gasteiger partial charge on any atom is -0.465 e. The van der Waals surface area contributed by atoms with Crippen molar-refractivity contribution in [2.75, 3.05) is 19.9 Å². The van der Waals surface area contributed by atoms with E-state index in [-0.39, 0.29) is 19.3 Å². The minimum absolute atomic E-state index is 0.210. The molecule has 1 N–H and O–H groups in total. The topological polar surface area (TPSA) is 56.8 Å². The van der Waals surface area contributed by atoms with Crippen LogP contribution in [0.5, 0.6) is 11.5 Å². The number of hydrogen-bond donors (Lipinski definition) is 1. The molecule has 1 aliphatic rings. The molecule has 5 heteroatoms. The molecule has 0 spiro atoms. The van der Waals surface area contributed by atoms with Crippen LogP contribution >= 0.6 is 0 Å². The smallest absolute Gasteiger partial charge is 0.319 e. The van der Waals surface area contributed by atoms with E-state index >= 15 is 0 Å². The van der Waals surface area contributed by atoms with Gasteiger partial charge in [-0.25, -0.2) is 0 Å². The quantitative estimate of drug-likeness (QED) is 0.801. The molecule has 1 aromatic rings. The zero-order valence-electron chi connectivity index (χ0n) is 10.6. The van der Waals surface area contributed by atoms with Gasteiger partial charge in [-0.05, 0) is 37.1 Å². The van der Waals surface area contributed by atoms with E-state index in [0.717, 1.165) is 22.6 Å². The maximum absolute atomic E-state index is 11.2. The summed E-state index contributed by atoms with van der Waals surface area (Å²) in [6.45, 7) is 5.28. The number of aryl methyl sites for hydroxylation is 1. The van der Waals surface area contributed by atoms with Crippen molar-refractivity contribution >= 4 is 5.97 Å². The summed E-state index contributed by atoms with van der Waals surface area (Å²) in [5.41, 5.74) is 2.19. The van der Waals surface area contributed by atoms with Gasteiger partial charge in [0.05, 0.1) is 13.2 Å². The zero-order chi connectivity index (χ0) is 13.0. The molecule has 2 rings (SSSR count). The van der Waals surface area contributed by atoms with E-state index < -0.39 is 0 Å². The van der Waals surface area contributed by atoms with Crippen LogP contribution < -0.4 is 14.8 Å². The van der Waals surface area contributed by atoms with Crippen LogP contribution in [0, 0.1) is 6.92 Å². The van der Waals surface area contributed by atoms with Crippen LogP contribution in [0.1, 0.15) is 18.1 Å². The van der Waals surface area contributed by atoms with Gasteiger partial charge in [0, 0.05) is 6.54 Å². The van der Waals surface area contributed by atoms with Gasteiger partial charge in [0.1, 0.15) is 0 Å². The number of ether oxygens (including phenoxy) is 3. The van der Waals surface area contributed by atoms with E-state index in [1.54, 1.807) is 6.92 Å². The Labute approximate surface area is 106 Å². The predicted octanol–water partition coefficient (Wildman–Crippen LogP) is 1.38. The van der Waals surface area contributed by atoms with Gasteiger partial charge in [-0.3, -0.25) is 4.79 Å². The van der Waals surface area contributed by atoms with Crippen LogP contribution in [0.4, 0.5) is 0 Å². The lowest BCUT2D eigenvalue weighted by Gasteiger charge is -2.08. The molecule has 1 heterocycles. The summed E-state index contributed by atoms with van der Waals surface area (Å²) in [5, 5.41) is 3.05. The Hall–Kier alpha value is -1.75. The first-order chi connectivity index (χ1) is 8.70. The molecular weight excluding hydrogens is 234 g/mol. The molecule has 0 saturated heterocycles. The Morgan fingerprint density at radius 1 is 1.39 bits per heavy atom. The highest BCUT2D eigenvalue weighted by atomic mass is 16.7. The van der Waals surface area contributed by atoms with Gasteiger partial charge in [-0.2, -0.15) is 0 Å². The number of fused-ring (bicyclic) bond motifs is 1. The van der Waals surface area contributed by atoms with Crippen molar-refractivity contribution in [1.82, 2.24) is 5.32 Å². The number of nitrogens with one attached hydrogen (secondary N) is 1. The lowest BCUT2D eigenvalue weighted by atomic mass is 10.1. The van der Waals surface area contributed by atoms with Crippen LogP contribution in [0.2, 0.25) is 0 Å². The maximum atomic E-state index is 11.2. The van der Waals surface area contributed by atoms with Crippen molar-refractivity contribution in [1.29, 1.82) is 0 Å². The Balaban J connectivity index is 1.92. The van der Waals surface area contributed by atoms with Crippen LogP contribution in [-0.4, -0.2) is 25.9 Å². The summed E-state index contributed by atoms with van der Waals surface area (Å²) in [7, 11) is 0. The van der Waals surface area contributed by atoms with Crippen molar-refractivity contribution in [2.45, 2.75) is 20.4 Å². The third-order valence-corrected chi connectivity index (χ3v) is 2.72. The van der Waals surface area contributed by atoms with E-state index in [2.05, 4.69) is 5.32 Å². The summed E-state index contributed by atoms with van der Waals surface area (Å²) in [5.74, 6) is 1.30. The fourth-order valence-electron chi connectivity index (χ4n) is 1.79. The highest BCUT2D eigenvalue weighted by Crippen LogP contribution is 2.34. The second-order valence-corrected chi connectivity index (χ2v) is 4.04. The van der Waals surface area contributed by atoms with Crippen molar-refractivity contribution < 1.29 is 19.0 Å². The molecule has 18 heavy (non-hydrogen) atoms. The number of carbonyl (C=O) groups excluding carboxylic acids is 1. The first kappa shape index (κ1) is 12.7. The summed E-state index contributed by atoms with van der Waals surface area (Å²) < 4.78 is 15.4. The largest absolute Gasteiger partial charge is 0.465 e. The molecule has 1 aliphatic heterocycles. The highest BCUT2D eigenvalue weighted by Gasteiger charge is 2.15. The Morgan fingerprint density at radius 3 is 2.83 bits per heavy atom. The molecule has 0 bridgehead atoms. The molecule has 5 nitrogen and oxygen atoms in total. The van der Waals surface area contributed by atoms with Crippen molar-refractivity contribution in [2.24, 2.45) is 0 Å². The maximum Gasteiger partial charge on any atom is 0.319 e. The lowest BCUT2D eigenvalue weighted by Crippen LogP contribution is -2.24. The average molecular weight is 251 g/mol. The van der Waals surface area contributed by atoms with Crippen molar-refractivity contribution in [3.8, 4) is 11.5 Å². The number of esters is 1. The summed E-state index contributed by atoms with van der Waals surface area (Å²) in [6, 6.07) is 3.89. The van der Waals surface area contributed by atoms with Crippen LogP contribution in [-0.2, 0) is 16.1 Å². The van der Waals surface area contributed by atoms with Crippen LogP contribution in [0.3, 0.4) is 0 Å². The Bertz CT molecular complexity index is 445. The van der Waals surface area contributed by atoms with Gasteiger partial charge in [0.2, 0.25) is 6.79 Å². The molecule has 98 valence electrons. The number of carbonyl (C=O) groups is 1. The van der Waals surface area contributed by atoms with Gasteiger partial charge in [0.25, 0.3) is 0 Å². The molecule has 0 aromatic heterocycles. The minimum atomic E-state index is -0.240. The fourth-order valence-corrected chi connectivity index (χ4v) is 1.79. The molecule has 0 radical (unpaired) electrons. The fraction of sp³-hybridized carbons (Fsp3) is 0.462. The predicted molar refractivity (Wildman–Crippen MR) is 65.6 cm³/mol. The summed E-state index contributed by atoms with van der Waals surface area (Å²) in [4.78, 5) is 11.2. The average Bonchev–Trinajstić information content (AvgIpc) is 2.76. The molecule has 0 amide bonds. The van der Waals surface area contributed by atoms with E-state index in [1.807, 2.05) is 19.1 Å². The monoisotopic (exact) mass is 251 g/mol. The van der Waals surface area contributed by atoms with Crippen molar-refractivity contribution in [3.63, 3.8) is 0 Å². The van der Waals surface area contributed by atoms with Gasteiger partial charge < -0.3 is 19.5 Å². The molecule has 1 aromatic carbocycles. The zero-order valence-corrected chi connectivity index (χ0v) is 10.6. The first-order valence-electron chi connectivity index (χ1n) is 5.96. The molecule has 0 fully saturated rings. The standard InChI is InChI=1S/C13H17NO4/c1-3-16-13(15)7-14-6-10-5-12-11(4-9(10)2)17-8-18-12/h4-5,14H,3,6-8H2,1-2H3. The second kappa shape index (κ2) is 5.73. The highest BCUT2D eigenvalue weighted by molar-refractivity contribution is 5.71. The van der Waals surface area contributed by atoms with Crippen LogP contribution in [0.25, 0.3) is 0 Å². The van der Waals surface area contributed by atoms with E-state index in [1.165, 1.54) is 0 Å². The summed E-state index contributed by atoms with van der Waals surface area (Å²) in [6.07, 6.45) is 0. The number of benzene rings is 1. The third kappa shape index (κ3) is 2.92. The normalized spacial score (nSPS) is 12.6. The SMILES string of the molecule is CCOC(=O)CNCc1cc2c(cc1C)OCO2. The Morgan fingerprint density at radius 2 is 2.11 bits per heavy atom. The second-order valence-electron chi connectivity index (χ2n) is 4.04. The van der Waals surface area contributed by atoms with Gasteiger partial charge in [-0.1, -0.05) is 0 Å². The van der Waals surface area contributed by atoms with E-state index in [9.17, 15) is 4.79 Å². The van der Waals surface area contributed by atoms with Crippen LogP contribution in [0.15, 0.2) is 12.1 Å². The lowest BCUT2D eigenvalue weighted by molar-refractivity contribution is -0.142. The van der Waals surface area contributed by atoms with Gasteiger partial charge in [-0.15, -0.1) is 0 Å². The molecular formula is C13H17NO4. The van der Waals surface area contributed by atoms with Crippen molar-refractivity contribution in [3.05, 3.63) is 23.3 Å². The van der Waals surface area contributed by atoms with E-state index in [4.69, 9.17) is 14.2 Å².